The zero-order valence-electron chi connectivity index (χ0n) is 21.9. The lowest BCUT2D eigenvalue weighted by molar-refractivity contribution is -0.175. The lowest BCUT2D eigenvalue weighted by atomic mass is 9.41. The van der Waals surface area contributed by atoms with Crippen LogP contribution < -0.4 is 0 Å². The quantitative estimate of drug-likeness (QED) is 0.493. The Morgan fingerprint density at radius 1 is 1.08 bits per heavy atom. The van der Waals surface area contributed by atoms with E-state index in [4.69, 9.17) is 4.74 Å². The van der Waals surface area contributed by atoms with Gasteiger partial charge in [-0.2, -0.15) is 0 Å². The summed E-state index contributed by atoms with van der Waals surface area (Å²) in [7, 11) is 0. The molecule has 7 heteroatoms. The number of ketones is 2. The van der Waals surface area contributed by atoms with Crippen LogP contribution in [-0.4, -0.2) is 58.1 Å². The van der Waals surface area contributed by atoms with Crippen molar-refractivity contribution in [3.8, 4) is 5.75 Å². The summed E-state index contributed by atoms with van der Waals surface area (Å²) < 4.78 is 5.98. The average Bonchev–Trinajstić information content (AvgIpc) is 2.91. The van der Waals surface area contributed by atoms with Gasteiger partial charge in [-0.15, -0.1) is 0 Å². The number of phenols is 1. The number of phenolic OH excluding ortho intramolecular Hbond substituents is 1. The minimum atomic E-state index is -1.06. The summed E-state index contributed by atoms with van der Waals surface area (Å²) in [6.45, 7) is 4.13. The van der Waals surface area contributed by atoms with Crippen LogP contribution >= 0.6 is 0 Å². The Balaban J connectivity index is 1.63. The van der Waals surface area contributed by atoms with Gasteiger partial charge >= 0.3 is 0 Å². The van der Waals surface area contributed by atoms with Crippen LogP contribution in [0.4, 0.5) is 0 Å². The van der Waals surface area contributed by atoms with Crippen LogP contribution in [0, 0.1) is 40.9 Å². The number of carbonyl (C=O) groups excluding carboxylic acids is 3. The molecular formula is C30H40O7. The first-order valence-corrected chi connectivity index (χ1v) is 14.0. The zero-order valence-corrected chi connectivity index (χ0v) is 21.9. The second-order valence-electron chi connectivity index (χ2n) is 12.3. The third-order valence-electron chi connectivity index (χ3n) is 10.5. The normalized spacial score (nSPS) is 36.4. The first kappa shape index (κ1) is 26.5. The Morgan fingerprint density at radius 3 is 2.49 bits per heavy atom. The Morgan fingerprint density at radius 2 is 1.81 bits per heavy atom. The maximum Gasteiger partial charge on any atom is 0.172 e. The van der Waals surface area contributed by atoms with Gasteiger partial charge in [-0.3, -0.25) is 9.59 Å². The molecule has 0 heterocycles. The van der Waals surface area contributed by atoms with E-state index in [1.807, 2.05) is 13.8 Å². The fourth-order valence-electron chi connectivity index (χ4n) is 8.72. The molecule has 4 aliphatic rings. The van der Waals surface area contributed by atoms with Gasteiger partial charge in [0.15, 0.2) is 11.6 Å². The number of aromatic hydroxyl groups is 1. The van der Waals surface area contributed by atoms with E-state index in [0.717, 1.165) is 44.8 Å². The molecule has 3 N–H and O–H groups in total. The maximum absolute atomic E-state index is 14.2. The molecule has 0 bridgehead atoms. The molecule has 7 nitrogen and oxygen atoms in total. The maximum atomic E-state index is 14.2. The van der Waals surface area contributed by atoms with E-state index < -0.39 is 29.0 Å². The summed E-state index contributed by atoms with van der Waals surface area (Å²) in [6.07, 6.45) is 6.63. The standard InChI is InChI=1S/C30H40O7/c1-29(2,37-14-13-31)18-11-12-21-20(15-18)27(35)24-25(30(21,16-32)17-7-4-3-5-8-17)28(36)23-19(26(24)34)9-6-10-22(23)33/h6,9-10,16-18,20-21,24-25,27,31,33,35H,3-5,7-8,11-15H2,1-2H3. The van der Waals surface area contributed by atoms with Gasteiger partial charge in [-0.05, 0) is 75.7 Å². The highest BCUT2D eigenvalue weighted by atomic mass is 16.5. The highest BCUT2D eigenvalue weighted by Gasteiger charge is 2.68. The van der Waals surface area contributed by atoms with E-state index >= 15 is 0 Å². The summed E-state index contributed by atoms with van der Waals surface area (Å²) in [5.74, 6) is -3.43. The van der Waals surface area contributed by atoms with E-state index in [9.17, 15) is 29.7 Å². The van der Waals surface area contributed by atoms with Crippen molar-refractivity contribution in [2.45, 2.75) is 76.9 Å². The topological polar surface area (TPSA) is 121 Å². The highest BCUT2D eigenvalue weighted by molar-refractivity contribution is 6.18. The van der Waals surface area contributed by atoms with Crippen molar-refractivity contribution in [3.63, 3.8) is 0 Å². The third kappa shape index (κ3) is 4.00. The molecular weight excluding hydrogens is 472 g/mol. The highest BCUT2D eigenvalue weighted by Crippen LogP contribution is 2.64. The number of aliphatic hydroxyl groups is 2. The van der Waals surface area contributed by atoms with E-state index in [1.54, 1.807) is 12.1 Å². The van der Waals surface area contributed by atoms with E-state index in [1.165, 1.54) is 6.07 Å². The van der Waals surface area contributed by atoms with E-state index in [2.05, 4.69) is 0 Å². The van der Waals surface area contributed by atoms with Crippen LogP contribution in [0.2, 0.25) is 0 Å². The van der Waals surface area contributed by atoms with Crippen molar-refractivity contribution in [1.29, 1.82) is 0 Å². The van der Waals surface area contributed by atoms with Gasteiger partial charge in [0.05, 0.1) is 36.4 Å². The van der Waals surface area contributed by atoms with E-state index in [0.29, 0.717) is 12.8 Å². The van der Waals surface area contributed by atoms with Crippen LogP contribution in [0.5, 0.6) is 5.75 Å². The summed E-state index contributed by atoms with van der Waals surface area (Å²) in [5, 5.41) is 31.8. The minimum Gasteiger partial charge on any atom is -0.507 e. The second kappa shape index (κ2) is 9.90. The summed E-state index contributed by atoms with van der Waals surface area (Å²) >= 11 is 0. The van der Waals surface area contributed by atoms with Crippen molar-refractivity contribution >= 4 is 17.9 Å². The van der Waals surface area contributed by atoms with Crippen molar-refractivity contribution in [3.05, 3.63) is 29.3 Å². The molecule has 202 valence electrons. The predicted octanol–water partition coefficient (Wildman–Crippen LogP) is 3.96. The zero-order chi connectivity index (χ0) is 26.5. The number of Topliss-reactive ketones (excluding diaryl/α,β-unsaturated/α-hetero) is 2. The molecule has 0 spiro atoms. The lowest BCUT2D eigenvalue weighted by Crippen LogP contribution is -2.66. The first-order valence-electron chi connectivity index (χ1n) is 14.0. The number of rotatable bonds is 6. The van der Waals surface area contributed by atoms with Gasteiger partial charge in [0, 0.05) is 16.9 Å². The minimum absolute atomic E-state index is 0.00802. The number of hydrogen-bond acceptors (Lipinski definition) is 7. The summed E-state index contributed by atoms with van der Waals surface area (Å²) in [5.41, 5.74) is -1.44. The van der Waals surface area contributed by atoms with Crippen molar-refractivity contribution in [2.24, 2.45) is 40.9 Å². The fourth-order valence-corrected chi connectivity index (χ4v) is 8.72. The van der Waals surface area contributed by atoms with Crippen LogP contribution in [0.25, 0.3) is 0 Å². The molecule has 1 aromatic carbocycles. The van der Waals surface area contributed by atoms with Crippen molar-refractivity contribution < 1.29 is 34.4 Å². The van der Waals surface area contributed by atoms with Crippen LogP contribution in [0.3, 0.4) is 0 Å². The van der Waals surface area contributed by atoms with Crippen LogP contribution in [0.15, 0.2) is 18.2 Å². The Hall–Kier alpha value is -2.09. The Kier molecular flexibility index (Phi) is 7.09. The van der Waals surface area contributed by atoms with E-state index in [-0.39, 0.29) is 65.3 Å². The Labute approximate surface area is 218 Å². The number of benzene rings is 1. The number of ether oxygens (including phenoxy) is 1. The molecule has 0 aromatic heterocycles. The molecule has 5 rings (SSSR count). The summed E-state index contributed by atoms with van der Waals surface area (Å²) in [6, 6.07) is 4.50. The third-order valence-corrected chi connectivity index (χ3v) is 10.5. The molecule has 0 saturated heterocycles. The first-order chi connectivity index (χ1) is 17.7. The number of hydrogen-bond donors (Lipinski definition) is 3. The van der Waals surface area contributed by atoms with Crippen LogP contribution in [-0.2, 0) is 9.53 Å². The van der Waals surface area contributed by atoms with Crippen molar-refractivity contribution in [1.82, 2.24) is 0 Å². The predicted molar refractivity (Wildman–Crippen MR) is 136 cm³/mol. The number of carbonyl (C=O) groups is 3. The molecule has 4 aliphatic carbocycles. The SMILES string of the molecule is CC(C)(OCCO)C1CCC2C(C1)C(O)C1C(=O)c3cccc(O)c3C(=O)C1C2(C=O)C1CCCCC1. The molecule has 7 atom stereocenters. The number of aldehydes is 1. The van der Waals surface area contributed by atoms with Gasteiger partial charge in [-0.1, -0.05) is 31.4 Å². The van der Waals surface area contributed by atoms with Crippen molar-refractivity contribution in [2.75, 3.05) is 13.2 Å². The van der Waals surface area contributed by atoms with Gasteiger partial charge in [0.1, 0.15) is 12.0 Å². The molecule has 7 unspecified atom stereocenters. The molecule has 3 saturated carbocycles. The summed E-state index contributed by atoms with van der Waals surface area (Å²) in [4.78, 5) is 41.5. The lowest BCUT2D eigenvalue weighted by Gasteiger charge is -2.61. The molecule has 0 aliphatic heterocycles. The van der Waals surface area contributed by atoms with Crippen LogP contribution in [0.1, 0.15) is 85.9 Å². The molecule has 1 aromatic rings. The Bertz CT molecular complexity index is 1060. The molecule has 0 radical (unpaired) electrons. The number of fused-ring (bicyclic) bond motifs is 3. The van der Waals surface area contributed by atoms with Gasteiger partial charge in [-0.25, -0.2) is 0 Å². The van der Waals surface area contributed by atoms with Gasteiger partial charge < -0.3 is 24.9 Å². The monoisotopic (exact) mass is 512 g/mol. The largest absolute Gasteiger partial charge is 0.507 e. The molecule has 3 fully saturated rings. The van der Waals surface area contributed by atoms with Gasteiger partial charge in [0.25, 0.3) is 0 Å². The smallest absolute Gasteiger partial charge is 0.172 e. The molecule has 37 heavy (non-hydrogen) atoms. The average molecular weight is 513 g/mol. The second-order valence-corrected chi connectivity index (χ2v) is 12.3. The number of aliphatic hydroxyl groups excluding tert-OH is 2. The fraction of sp³-hybridized carbons (Fsp3) is 0.700. The van der Waals surface area contributed by atoms with Gasteiger partial charge in [0.2, 0.25) is 0 Å². The molecule has 0 amide bonds.